The van der Waals surface area contributed by atoms with Crippen molar-refractivity contribution in [3.8, 4) is 0 Å². The Labute approximate surface area is 142 Å². The Morgan fingerprint density at radius 2 is 1.92 bits per heavy atom. The molecule has 0 spiro atoms. The lowest BCUT2D eigenvalue weighted by atomic mass is 9.89. The van der Waals surface area contributed by atoms with Crippen LogP contribution in [-0.4, -0.2) is 40.0 Å². The van der Waals surface area contributed by atoms with Crippen molar-refractivity contribution in [2.45, 2.75) is 23.5 Å². The van der Waals surface area contributed by atoms with Gasteiger partial charge in [-0.25, -0.2) is 8.42 Å². The number of carbonyl (C=O) groups excluding carboxylic acids is 1. The molecule has 0 aliphatic heterocycles. The van der Waals surface area contributed by atoms with Crippen LogP contribution >= 0.6 is 0 Å². The zero-order valence-electron chi connectivity index (χ0n) is 13.8. The van der Waals surface area contributed by atoms with E-state index in [2.05, 4.69) is 0 Å². The number of allylic oxidation sites excluding steroid dienone is 3. The van der Waals surface area contributed by atoms with Crippen molar-refractivity contribution in [3.05, 3.63) is 54.1 Å². The molecule has 1 aliphatic carbocycles. The normalized spacial score (nSPS) is 22.9. The molecule has 5 nitrogen and oxygen atoms in total. The Balaban J connectivity index is 2.33. The van der Waals surface area contributed by atoms with E-state index >= 15 is 0 Å². The average Bonchev–Trinajstić information content (AvgIpc) is 2.60. The second-order valence-electron chi connectivity index (χ2n) is 5.51. The van der Waals surface area contributed by atoms with Crippen LogP contribution in [0.5, 0.6) is 0 Å². The molecule has 1 aliphatic rings. The highest BCUT2D eigenvalue weighted by atomic mass is 32.2. The van der Waals surface area contributed by atoms with Crippen molar-refractivity contribution in [2.75, 3.05) is 20.5 Å². The molecule has 2 rings (SSSR count). The van der Waals surface area contributed by atoms with Crippen LogP contribution in [0.2, 0.25) is 0 Å². The molecule has 0 amide bonds. The Bertz CT molecular complexity index is 719. The lowest BCUT2D eigenvalue weighted by Gasteiger charge is -2.26. The van der Waals surface area contributed by atoms with Crippen molar-refractivity contribution >= 4 is 15.6 Å². The van der Waals surface area contributed by atoms with Gasteiger partial charge in [-0.3, -0.25) is 4.79 Å². The molecular weight excluding hydrogens is 328 g/mol. The highest BCUT2D eigenvalue weighted by Gasteiger charge is 2.41. The maximum Gasteiger partial charge on any atom is 0.189 e. The number of ether oxygens (including phenoxy) is 2. The number of hydrogen-bond acceptors (Lipinski definition) is 5. The summed E-state index contributed by atoms with van der Waals surface area (Å²) in [6.45, 7) is 2.19. The molecule has 1 aromatic carbocycles. The Morgan fingerprint density at radius 3 is 2.54 bits per heavy atom. The van der Waals surface area contributed by atoms with Crippen LogP contribution in [0.15, 0.2) is 59.0 Å². The summed E-state index contributed by atoms with van der Waals surface area (Å²) in [5.74, 6) is -0.714. The molecule has 0 aromatic heterocycles. The highest BCUT2D eigenvalue weighted by Crippen LogP contribution is 2.31. The van der Waals surface area contributed by atoms with Crippen LogP contribution in [-0.2, 0) is 24.1 Å². The lowest BCUT2D eigenvalue weighted by Crippen LogP contribution is -2.39. The largest absolute Gasteiger partial charge is 0.359 e. The number of Topliss-reactive ketones (excluding diaryl/α,β-unsaturated/α-hetero) is 1. The molecule has 1 aromatic rings. The first-order chi connectivity index (χ1) is 11.5. The van der Waals surface area contributed by atoms with E-state index in [0.29, 0.717) is 12.0 Å². The molecule has 24 heavy (non-hydrogen) atoms. The smallest absolute Gasteiger partial charge is 0.189 e. The van der Waals surface area contributed by atoms with Gasteiger partial charge in [0.2, 0.25) is 0 Å². The van der Waals surface area contributed by atoms with Gasteiger partial charge in [0.05, 0.1) is 11.5 Å². The second kappa shape index (κ2) is 8.37. The van der Waals surface area contributed by atoms with Gasteiger partial charge >= 0.3 is 0 Å². The summed E-state index contributed by atoms with van der Waals surface area (Å²) in [5.41, 5.74) is 0.361. The van der Waals surface area contributed by atoms with Crippen molar-refractivity contribution in [1.29, 1.82) is 0 Å². The van der Waals surface area contributed by atoms with Gasteiger partial charge in [0.15, 0.2) is 15.6 Å². The van der Waals surface area contributed by atoms with Gasteiger partial charge in [0.25, 0.3) is 0 Å². The number of carbonyl (C=O) groups is 1. The van der Waals surface area contributed by atoms with Gasteiger partial charge in [-0.05, 0) is 24.6 Å². The Kier molecular flexibility index (Phi) is 6.48. The van der Waals surface area contributed by atoms with Crippen molar-refractivity contribution in [3.63, 3.8) is 0 Å². The van der Waals surface area contributed by atoms with E-state index in [1.165, 1.54) is 19.2 Å². The van der Waals surface area contributed by atoms with E-state index in [1.807, 2.05) is 6.92 Å². The maximum atomic E-state index is 13.0. The van der Waals surface area contributed by atoms with Crippen LogP contribution in [0, 0.1) is 5.92 Å². The number of methoxy groups -OCH3 is 1. The van der Waals surface area contributed by atoms with Crippen LogP contribution < -0.4 is 0 Å². The fraction of sp³-hybridized carbons (Fsp3) is 0.389. The summed E-state index contributed by atoms with van der Waals surface area (Å²) in [6, 6.07) is 8.12. The minimum atomic E-state index is -3.75. The van der Waals surface area contributed by atoms with Gasteiger partial charge in [-0.15, -0.1) is 0 Å². The third-order valence-electron chi connectivity index (χ3n) is 3.95. The summed E-state index contributed by atoms with van der Waals surface area (Å²) in [4.78, 5) is 13.0. The number of ketones is 1. The summed E-state index contributed by atoms with van der Waals surface area (Å²) in [7, 11) is -2.24. The molecule has 0 radical (unpaired) electrons. The van der Waals surface area contributed by atoms with Gasteiger partial charge in [-0.2, -0.15) is 0 Å². The molecule has 0 heterocycles. The predicted molar refractivity (Wildman–Crippen MR) is 91.3 cm³/mol. The number of sulfone groups is 1. The topological polar surface area (TPSA) is 69.7 Å². The predicted octanol–water partition coefficient (Wildman–Crippen LogP) is 2.54. The molecule has 6 heteroatoms. The minimum Gasteiger partial charge on any atom is -0.359 e. The third-order valence-corrected chi connectivity index (χ3v) is 6.12. The molecule has 0 saturated heterocycles. The van der Waals surface area contributed by atoms with Crippen molar-refractivity contribution in [2.24, 2.45) is 5.92 Å². The van der Waals surface area contributed by atoms with Crippen LogP contribution in [0.3, 0.4) is 0 Å². The maximum absolute atomic E-state index is 13.0. The molecule has 0 unspecified atom stereocenters. The fourth-order valence-corrected chi connectivity index (χ4v) is 4.69. The summed E-state index contributed by atoms with van der Waals surface area (Å²) >= 11 is 0. The quantitative estimate of drug-likeness (QED) is 0.429. The van der Waals surface area contributed by atoms with Gasteiger partial charge in [0, 0.05) is 18.6 Å². The van der Waals surface area contributed by atoms with Gasteiger partial charge < -0.3 is 9.47 Å². The Morgan fingerprint density at radius 1 is 1.21 bits per heavy atom. The van der Waals surface area contributed by atoms with Gasteiger partial charge in [0.1, 0.15) is 12.0 Å². The van der Waals surface area contributed by atoms with E-state index in [0.717, 1.165) is 0 Å². The zero-order valence-corrected chi connectivity index (χ0v) is 14.7. The standard InChI is InChI=1S/C18H22O5S/c1-3-14-9-10-15(11-12-23-13-22-2)17(19)18(14)24(20,21)16-7-5-4-6-8-16/h4-11,14,18H,3,12-13H2,1-2H3/b15-11+/t14-,18+/m1/s1. The fourth-order valence-electron chi connectivity index (χ4n) is 2.70. The molecule has 0 saturated carbocycles. The summed E-state index contributed by atoms with van der Waals surface area (Å²) < 4.78 is 35.8. The molecule has 0 bridgehead atoms. The van der Waals surface area contributed by atoms with E-state index < -0.39 is 15.1 Å². The van der Waals surface area contributed by atoms with E-state index in [4.69, 9.17) is 9.47 Å². The second-order valence-corrected chi connectivity index (χ2v) is 7.58. The van der Waals surface area contributed by atoms with Crippen LogP contribution in [0.25, 0.3) is 0 Å². The van der Waals surface area contributed by atoms with Crippen LogP contribution in [0.1, 0.15) is 13.3 Å². The highest BCUT2D eigenvalue weighted by molar-refractivity contribution is 7.92. The SMILES string of the molecule is CC[C@@H]1C=C/C(=C\COCOC)C(=O)[C@H]1S(=O)(=O)c1ccccc1. The van der Waals surface area contributed by atoms with E-state index in [-0.39, 0.29) is 30.0 Å². The lowest BCUT2D eigenvalue weighted by molar-refractivity contribution is -0.115. The third kappa shape index (κ3) is 4.01. The van der Waals surface area contributed by atoms with Gasteiger partial charge in [-0.1, -0.05) is 37.3 Å². The van der Waals surface area contributed by atoms with E-state index in [9.17, 15) is 13.2 Å². The molecule has 2 atom stereocenters. The number of hydrogen-bond donors (Lipinski definition) is 0. The first kappa shape index (κ1) is 18.6. The number of rotatable bonds is 7. The molecule has 0 fully saturated rings. The number of benzene rings is 1. The molecular formula is C18H22O5S. The first-order valence-corrected chi connectivity index (χ1v) is 9.35. The summed E-state index contributed by atoms with van der Waals surface area (Å²) in [5, 5.41) is -1.09. The minimum absolute atomic E-state index is 0.116. The van der Waals surface area contributed by atoms with Crippen molar-refractivity contribution < 1.29 is 22.7 Å². The monoisotopic (exact) mass is 350 g/mol. The first-order valence-electron chi connectivity index (χ1n) is 7.80. The Hall–Kier alpha value is -1.76. The summed E-state index contributed by atoms with van der Waals surface area (Å²) in [6.07, 6.45) is 5.65. The average molecular weight is 350 g/mol. The zero-order chi connectivity index (χ0) is 17.6. The molecule has 0 N–H and O–H groups in total. The van der Waals surface area contributed by atoms with E-state index in [1.54, 1.807) is 36.4 Å². The molecule has 130 valence electrons. The van der Waals surface area contributed by atoms with Crippen LogP contribution in [0.4, 0.5) is 0 Å². The van der Waals surface area contributed by atoms with Crippen molar-refractivity contribution in [1.82, 2.24) is 0 Å².